The minimum absolute atomic E-state index is 0.198. The molecule has 0 saturated heterocycles. The molecule has 138 valence electrons. The van der Waals surface area contributed by atoms with Crippen molar-refractivity contribution in [2.24, 2.45) is 0 Å². The average molecular weight is 371 g/mol. The molecule has 1 atom stereocenters. The van der Waals surface area contributed by atoms with Gasteiger partial charge in [0.05, 0.1) is 6.04 Å². The molecular formula is C16H14F5N5. The van der Waals surface area contributed by atoms with E-state index in [0.29, 0.717) is 11.3 Å². The van der Waals surface area contributed by atoms with E-state index in [1.165, 1.54) is 12.1 Å². The highest BCUT2D eigenvalue weighted by Gasteiger charge is 2.37. The van der Waals surface area contributed by atoms with Crippen molar-refractivity contribution in [3.8, 4) is 0 Å². The van der Waals surface area contributed by atoms with Crippen LogP contribution in [0.25, 0.3) is 5.78 Å². The van der Waals surface area contributed by atoms with E-state index in [2.05, 4.69) is 15.1 Å². The number of hydrogen-bond donors (Lipinski definition) is 0. The molecular weight excluding hydrogens is 357 g/mol. The number of anilines is 1. The zero-order valence-corrected chi connectivity index (χ0v) is 14.0. The summed E-state index contributed by atoms with van der Waals surface area (Å²) >= 11 is 0. The maximum Gasteiger partial charge on any atom is 0.453 e. The van der Waals surface area contributed by atoms with Crippen molar-refractivity contribution in [2.75, 3.05) is 11.9 Å². The molecule has 0 spiro atoms. The molecule has 0 aliphatic carbocycles. The first-order valence-electron chi connectivity index (χ1n) is 7.57. The van der Waals surface area contributed by atoms with Crippen LogP contribution < -0.4 is 4.90 Å². The molecule has 2 aromatic heterocycles. The summed E-state index contributed by atoms with van der Waals surface area (Å²) in [6, 6.07) is 4.52. The highest BCUT2D eigenvalue weighted by molar-refractivity contribution is 5.49. The van der Waals surface area contributed by atoms with E-state index in [0.717, 1.165) is 16.6 Å². The van der Waals surface area contributed by atoms with Gasteiger partial charge in [-0.15, -0.1) is 5.10 Å². The van der Waals surface area contributed by atoms with Crippen molar-refractivity contribution in [2.45, 2.75) is 26.1 Å². The molecule has 0 bridgehead atoms. The highest BCUT2D eigenvalue weighted by atomic mass is 19.4. The van der Waals surface area contributed by atoms with Gasteiger partial charge >= 0.3 is 6.18 Å². The summed E-state index contributed by atoms with van der Waals surface area (Å²) < 4.78 is 66.3. The van der Waals surface area contributed by atoms with Gasteiger partial charge in [-0.1, -0.05) is 6.07 Å². The van der Waals surface area contributed by atoms with E-state index in [1.807, 2.05) is 0 Å². The molecule has 5 nitrogen and oxygen atoms in total. The molecule has 0 amide bonds. The molecule has 0 aliphatic heterocycles. The first-order chi connectivity index (χ1) is 12.1. The fraction of sp³-hybridized carbons (Fsp3) is 0.312. The van der Waals surface area contributed by atoms with E-state index >= 15 is 0 Å². The van der Waals surface area contributed by atoms with E-state index in [4.69, 9.17) is 0 Å². The maximum absolute atomic E-state index is 13.5. The van der Waals surface area contributed by atoms with Crippen LogP contribution in [0, 0.1) is 18.6 Å². The first-order valence-corrected chi connectivity index (χ1v) is 7.57. The summed E-state index contributed by atoms with van der Waals surface area (Å²) in [5, 5.41) is 3.50. The fourth-order valence-corrected chi connectivity index (χ4v) is 2.53. The minimum atomic E-state index is -4.71. The normalized spacial score (nSPS) is 13.2. The Labute approximate surface area is 145 Å². The molecule has 0 saturated carbocycles. The number of aryl methyl sites for hydroxylation is 1. The van der Waals surface area contributed by atoms with Crippen LogP contribution in [-0.2, 0) is 6.18 Å². The van der Waals surface area contributed by atoms with Crippen molar-refractivity contribution in [3.63, 3.8) is 0 Å². The molecule has 26 heavy (non-hydrogen) atoms. The van der Waals surface area contributed by atoms with Crippen molar-refractivity contribution in [3.05, 3.63) is 53.0 Å². The summed E-state index contributed by atoms with van der Waals surface area (Å²) in [5.41, 5.74) is 0.892. The van der Waals surface area contributed by atoms with Crippen molar-refractivity contribution >= 4 is 11.6 Å². The number of hydrogen-bond acceptors (Lipinski definition) is 4. The van der Waals surface area contributed by atoms with E-state index < -0.39 is 29.7 Å². The zero-order chi connectivity index (χ0) is 19.2. The third-order valence-electron chi connectivity index (χ3n) is 4.04. The summed E-state index contributed by atoms with van der Waals surface area (Å²) in [5.74, 6) is -3.19. The lowest BCUT2D eigenvalue weighted by Gasteiger charge is -2.27. The summed E-state index contributed by atoms with van der Waals surface area (Å²) in [4.78, 5) is 8.98. The van der Waals surface area contributed by atoms with Gasteiger partial charge in [0.15, 0.2) is 11.6 Å². The van der Waals surface area contributed by atoms with Crippen LogP contribution in [0.4, 0.5) is 27.8 Å². The Morgan fingerprint density at radius 2 is 1.77 bits per heavy atom. The molecule has 0 fully saturated rings. The standard InChI is InChI=1S/C16H14F5N5/c1-8-6-13(26-15(22-8)23-14(24-26)16(19,20)21)25(3)9(2)10-4-5-11(17)12(18)7-10/h4-7,9H,1-3H3. The Bertz CT molecular complexity index is 966. The Hall–Kier alpha value is -2.78. The van der Waals surface area contributed by atoms with Crippen LogP contribution in [-0.4, -0.2) is 26.6 Å². The topological polar surface area (TPSA) is 46.3 Å². The third kappa shape index (κ3) is 3.18. The van der Waals surface area contributed by atoms with E-state index in [1.54, 1.807) is 25.8 Å². The monoisotopic (exact) mass is 371 g/mol. The Balaban J connectivity index is 2.08. The van der Waals surface area contributed by atoms with Crippen LogP contribution in [0.3, 0.4) is 0 Å². The van der Waals surface area contributed by atoms with Gasteiger partial charge in [-0.25, -0.2) is 13.8 Å². The molecule has 3 aromatic rings. The smallest absolute Gasteiger partial charge is 0.353 e. The predicted octanol–water partition coefficient (Wildman–Crippen LogP) is 3.93. The fourth-order valence-electron chi connectivity index (χ4n) is 2.53. The van der Waals surface area contributed by atoms with Crippen LogP contribution in [0.15, 0.2) is 24.3 Å². The number of fused-ring (bicyclic) bond motifs is 1. The summed E-state index contributed by atoms with van der Waals surface area (Å²) in [6.07, 6.45) is -4.71. The first kappa shape index (κ1) is 18.0. The average Bonchev–Trinajstić information content (AvgIpc) is 2.99. The van der Waals surface area contributed by atoms with Gasteiger partial charge in [0.25, 0.3) is 11.6 Å². The zero-order valence-electron chi connectivity index (χ0n) is 14.0. The number of aromatic nitrogens is 4. The second kappa shape index (κ2) is 6.19. The molecule has 2 heterocycles. The van der Waals surface area contributed by atoms with Gasteiger partial charge in [-0.2, -0.15) is 22.7 Å². The minimum Gasteiger partial charge on any atom is -0.353 e. The quantitative estimate of drug-likeness (QED) is 0.655. The molecule has 3 rings (SSSR count). The third-order valence-corrected chi connectivity index (χ3v) is 4.04. The van der Waals surface area contributed by atoms with Crippen LogP contribution >= 0.6 is 0 Å². The van der Waals surface area contributed by atoms with Crippen molar-refractivity contribution in [1.29, 1.82) is 0 Å². The van der Waals surface area contributed by atoms with Gasteiger partial charge in [-0.05, 0) is 31.5 Å². The van der Waals surface area contributed by atoms with Gasteiger partial charge in [0.2, 0.25) is 0 Å². The Morgan fingerprint density at radius 1 is 1.08 bits per heavy atom. The number of rotatable bonds is 3. The lowest BCUT2D eigenvalue weighted by molar-refractivity contribution is -0.144. The van der Waals surface area contributed by atoms with Gasteiger partial charge in [0.1, 0.15) is 5.82 Å². The maximum atomic E-state index is 13.5. The van der Waals surface area contributed by atoms with Gasteiger partial charge in [-0.3, -0.25) is 0 Å². The SMILES string of the molecule is Cc1cc(N(C)C(C)c2ccc(F)c(F)c2)n2nc(C(F)(F)F)nc2n1. The van der Waals surface area contributed by atoms with Crippen LogP contribution in [0.1, 0.15) is 30.0 Å². The van der Waals surface area contributed by atoms with Gasteiger partial charge < -0.3 is 4.90 Å². The highest BCUT2D eigenvalue weighted by Crippen LogP contribution is 2.30. The number of alkyl halides is 3. The molecule has 0 aliphatic rings. The summed E-state index contributed by atoms with van der Waals surface area (Å²) in [6.45, 7) is 3.32. The van der Waals surface area contributed by atoms with E-state index in [9.17, 15) is 22.0 Å². The second-order valence-electron chi connectivity index (χ2n) is 5.86. The second-order valence-corrected chi connectivity index (χ2v) is 5.86. The predicted molar refractivity (Wildman–Crippen MR) is 83.7 cm³/mol. The molecule has 1 unspecified atom stereocenters. The molecule has 0 radical (unpaired) electrons. The van der Waals surface area contributed by atoms with Crippen molar-refractivity contribution in [1.82, 2.24) is 19.6 Å². The number of halogens is 5. The Morgan fingerprint density at radius 3 is 2.38 bits per heavy atom. The lowest BCUT2D eigenvalue weighted by atomic mass is 10.1. The molecule has 0 N–H and O–H groups in total. The largest absolute Gasteiger partial charge is 0.453 e. The van der Waals surface area contributed by atoms with Gasteiger partial charge in [0, 0.05) is 18.8 Å². The Kier molecular flexibility index (Phi) is 4.29. The molecule has 10 heteroatoms. The molecule has 1 aromatic carbocycles. The summed E-state index contributed by atoms with van der Waals surface area (Å²) in [7, 11) is 1.61. The van der Waals surface area contributed by atoms with Crippen molar-refractivity contribution < 1.29 is 22.0 Å². The number of nitrogens with zero attached hydrogens (tertiary/aromatic N) is 5. The van der Waals surface area contributed by atoms with Crippen LogP contribution in [0.5, 0.6) is 0 Å². The van der Waals surface area contributed by atoms with E-state index in [-0.39, 0.29) is 11.6 Å². The lowest BCUT2D eigenvalue weighted by Crippen LogP contribution is -2.25. The number of benzene rings is 1. The van der Waals surface area contributed by atoms with Crippen LogP contribution in [0.2, 0.25) is 0 Å².